The summed E-state index contributed by atoms with van der Waals surface area (Å²) in [7, 11) is 0. The monoisotopic (exact) mass is 293 g/mol. The summed E-state index contributed by atoms with van der Waals surface area (Å²) in [6.07, 6.45) is 3.02. The number of aromatic nitrogens is 1. The Bertz CT molecular complexity index is 513. The molecule has 1 fully saturated rings. The SMILES string of the molecule is O=C(O)c1ccnc(CNC(=O)N2CCC(CO)CC2)c1. The van der Waals surface area contributed by atoms with Crippen LogP contribution in [0, 0.1) is 5.92 Å². The zero-order valence-electron chi connectivity index (χ0n) is 11.7. The Morgan fingerprint density at radius 3 is 2.71 bits per heavy atom. The molecule has 114 valence electrons. The van der Waals surface area contributed by atoms with Crippen LogP contribution in [0.5, 0.6) is 0 Å². The van der Waals surface area contributed by atoms with Crippen molar-refractivity contribution in [1.82, 2.24) is 15.2 Å². The van der Waals surface area contributed by atoms with Crippen molar-refractivity contribution >= 4 is 12.0 Å². The maximum atomic E-state index is 12.0. The third kappa shape index (κ3) is 4.16. The number of carboxylic acid groups (broad SMARTS) is 1. The quantitative estimate of drug-likeness (QED) is 0.758. The second-order valence-corrected chi connectivity index (χ2v) is 5.11. The Morgan fingerprint density at radius 2 is 2.10 bits per heavy atom. The molecule has 7 nitrogen and oxygen atoms in total. The average molecular weight is 293 g/mol. The van der Waals surface area contributed by atoms with Crippen LogP contribution in [0.2, 0.25) is 0 Å². The maximum Gasteiger partial charge on any atom is 0.335 e. The number of hydrogen-bond acceptors (Lipinski definition) is 4. The number of pyridine rings is 1. The minimum Gasteiger partial charge on any atom is -0.478 e. The Labute approximate surface area is 122 Å². The van der Waals surface area contributed by atoms with E-state index in [1.165, 1.54) is 18.3 Å². The van der Waals surface area contributed by atoms with Gasteiger partial charge in [-0.15, -0.1) is 0 Å². The minimum absolute atomic E-state index is 0.151. The first-order valence-electron chi connectivity index (χ1n) is 6.92. The van der Waals surface area contributed by atoms with E-state index in [9.17, 15) is 9.59 Å². The number of aromatic carboxylic acids is 1. The van der Waals surface area contributed by atoms with Crippen LogP contribution in [-0.2, 0) is 6.54 Å². The Kier molecular flexibility index (Phi) is 5.10. The van der Waals surface area contributed by atoms with Crippen molar-refractivity contribution in [2.45, 2.75) is 19.4 Å². The summed E-state index contributed by atoms with van der Waals surface area (Å²) in [5, 5.41) is 20.7. The number of likely N-dealkylation sites (tertiary alicyclic amines) is 1. The Balaban J connectivity index is 1.84. The van der Waals surface area contributed by atoms with Gasteiger partial charge in [0.1, 0.15) is 0 Å². The van der Waals surface area contributed by atoms with Gasteiger partial charge in [-0.3, -0.25) is 4.98 Å². The fraction of sp³-hybridized carbons (Fsp3) is 0.500. The summed E-state index contributed by atoms with van der Waals surface area (Å²) >= 11 is 0. The third-order valence-corrected chi connectivity index (χ3v) is 3.64. The lowest BCUT2D eigenvalue weighted by Gasteiger charge is -2.31. The molecule has 1 saturated heterocycles. The molecule has 0 bridgehead atoms. The second kappa shape index (κ2) is 7.03. The lowest BCUT2D eigenvalue weighted by Crippen LogP contribution is -2.44. The highest BCUT2D eigenvalue weighted by atomic mass is 16.4. The van der Waals surface area contributed by atoms with Crippen molar-refractivity contribution < 1.29 is 19.8 Å². The van der Waals surface area contributed by atoms with E-state index in [0.29, 0.717) is 18.8 Å². The van der Waals surface area contributed by atoms with E-state index in [4.69, 9.17) is 10.2 Å². The number of urea groups is 1. The zero-order chi connectivity index (χ0) is 15.2. The summed E-state index contributed by atoms with van der Waals surface area (Å²) < 4.78 is 0. The summed E-state index contributed by atoms with van der Waals surface area (Å²) in [4.78, 5) is 28.6. The molecule has 3 N–H and O–H groups in total. The van der Waals surface area contributed by atoms with Crippen LogP contribution in [0.25, 0.3) is 0 Å². The average Bonchev–Trinajstić information content (AvgIpc) is 2.53. The number of piperidine rings is 1. The molecule has 0 saturated carbocycles. The first-order chi connectivity index (χ1) is 10.1. The number of nitrogens with one attached hydrogen (secondary N) is 1. The molecule has 21 heavy (non-hydrogen) atoms. The van der Waals surface area contributed by atoms with Gasteiger partial charge >= 0.3 is 12.0 Å². The molecule has 2 rings (SSSR count). The number of nitrogens with zero attached hydrogens (tertiary/aromatic N) is 2. The first kappa shape index (κ1) is 15.2. The predicted molar refractivity (Wildman–Crippen MR) is 74.8 cm³/mol. The topological polar surface area (TPSA) is 103 Å². The summed E-state index contributed by atoms with van der Waals surface area (Å²) in [5.74, 6) is -0.737. The molecule has 0 spiro atoms. The lowest BCUT2D eigenvalue weighted by atomic mass is 9.98. The van der Waals surface area contributed by atoms with E-state index in [0.717, 1.165) is 12.8 Å². The largest absolute Gasteiger partial charge is 0.478 e. The van der Waals surface area contributed by atoms with Gasteiger partial charge in [0.2, 0.25) is 0 Å². The van der Waals surface area contributed by atoms with E-state index < -0.39 is 5.97 Å². The predicted octanol–water partition coefficient (Wildman–Crippen LogP) is 0.694. The van der Waals surface area contributed by atoms with Gasteiger partial charge in [0.05, 0.1) is 17.8 Å². The second-order valence-electron chi connectivity index (χ2n) is 5.11. The van der Waals surface area contributed by atoms with Crippen LogP contribution < -0.4 is 5.32 Å². The number of aliphatic hydroxyl groups excluding tert-OH is 1. The van der Waals surface area contributed by atoms with Crippen LogP contribution in [0.15, 0.2) is 18.3 Å². The number of amides is 2. The summed E-state index contributed by atoms with van der Waals surface area (Å²) in [6, 6.07) is 2.67. The molecule has 0 radical (unpaired) electrons. The van der Waals surface area contributed by atoms with Crippen LogP contribution in [0.1, 0.15) is 28.9 Å². The van der Waals surface area contributed by atoms with Crippen molar-refractivity contribution in [2.75, 3.05) is 19.7 Å². The van der Waals surface area contributed by atoms with Crippen molar-refractivity contribution in [3.8, 4) is 0 Å². The molecular formula is C14H19N3O4. The van der Waals surface area contributed by atoms with Crippen LogP contribution in [-0.4, -0.2) is 51.8 Å². The van der Waals surface area contributed by atoms with Crippen LogP contribution in [0.4, 0.5) is 4.79 Å². The molecule has 0 atom stereocenters. The number of carbonyl (C=O) groups excluding carboxylic acids is 1. The number of carbonyl (C=O) groups is 2. The summed E-state index contributed by atoms with van der Waals surface area (Å²) in [6.45, 7) is 1.61. The zero-order valence-corrected chi connectivity index (χ0v) is 11.7. The van der Waals surface area contributed by atoms with Crippen LogP contribution in [0.3, 0.4) is 0 Å². The smallest absolute Gasteiger partial charge is 0.335 e. The normalized spacial score (nSPS) is 15.8. The standard InChI is InChI=1S/C14H19N3O4/c18-9-10-2-5-17(6-3-10)14(21)16-8-12-7-11(13(19)20)1-4-15-12/h1,4,7,10,18H,2-3,5-6,8-9H2,(H,16,21)(H,19,20). The maximum absolute atomic E-state index is 12.0. The minimum atomic E-state index is -1.02. The van der Waals surface area contributed by atoms with Crippen molar-refractivity contribution in [3.63, 3.8) is 0 Å². The Hall–Kier alpha value is -2.15. The van der Waals surface area contributed by atoms with Gasteiger partial charge in [0.15, 0.2) is 0 Å². The first-order valence-corrected chi connectivity index (χ1v) is 6.92. The number of carboxylic acids is 1. The molecule has 7 heteroatoms. The van der Waals surface area contributed by atoms with E-state index in [-0.39, 0.29) is 30.7 Å². The molecule has 2 amide bonds. The van der Waals surface area contributed by atoms with Gasteiger partial charge in [0, 0.05) is 25.9 Å². The van der Waals surface area contributed by atoms with E-state index in [2.05, 4.69) is 10.3 Å². The molecule has 0 aliphatic carbocycles. The van der Waals surface area contributed by atoms with Gasteiger partial charge in [-0.05, 0) is 30.9 Å². The van der Waals surface area contributed by atoms with E-state index in [1.807, 2.05) is 0 Å². The van der Waals surface area contributed by atoms with Gasteiger partial charge in [-0.25, -0.2) is 9.59 Å². The highest BCUT2D eigenvalue weighted by molar-refractivity contribution is 5.87. The van der Waals surface area contributed by atoms with Gasteiger partial charge in [0.25, 0.3) is 0 Å². The molecule has 1 aromatic rings. The molecule has 1 aliphatic rings. The third-order valence-electron chi connectivity index (χ3n) is 3.64. The molecular weight excluding hydrogens is 274 g/mol. The molecule has 2 heterocycles. The summed E-state index contributed by atoms with van der Waals surface area (Å²) in [5.41, 5.74) is 0.659. The highest BCUT2D eigenvalue weighted by Gasteiger charge is 2.22. The fourth-order valence-electron chi connectivity index (χ4n) is 2.30. The van der Waals surface area contributed by atoms with Crippen molar-refractivity contribution in [3.05, 3.63) is 29.6 Å². The van der Waals surface area contributed by atoms with Gasteiger partial charge in [-0.1, -0.05) is 0 Å². The van der Waals surface area contributed by atoms with Gasteiger partial charge < -0.3 is 20.4 Å². The van der Waals surface area contributed by atoms with Crippen molar-refractivity contribution in [2.24, 2.45) is 5.92 Å². The number of aliphatic hydroxyl groups is 1. The van der Waals surface area contributed by atoms with E-state index >= 15 is 0 Å². The molecule has 1 aromatic heterocycles. The fourth-order valence-corrected chi connectivity index (χ4v) is 2.30. The Morgan fingerprint density at radius 1 is 1.38 bits per heavy atom. The number of hydrogen-bond donors (Lipinski definition) is 3. The van der Waals surface area contributed by atoms with Crippen molar-refractivity contribution in [1.29, 1.82) is 0 Å². The highest BCUT2D eigenvalue weighted by Crippen LogP contribution is 2.16. The van der Waals surface area contributed by atoms with Crippen LogP contribution >= 0.6 is 0 Å². The molecule has 0 unspecified atom stereocenters. The van der Waals surface area contributed by atoms with Gasteiger partial charge in [-0.2, -0.15) is 0 Å². The molecule has 0 aromatic carbocycles. The lowest BCUT2D eigenvalue weighted by molar-refractivity contribution is 0.0696. The van der Waals surface area contributed by atoms with E-state index in [1.54, 1.807) is 4.90 Å². The number of rotatable bonds is 4. The molecule has 1 aliphatic heterocycles.